The molecule has 0 aromatic rings. The SMILES string of the molecule is O.[CH2]C(C)C.[CH2]C(C)C.[Sn]. The summed E-state index contributed by atoms with van der Waals surface area (Å²) in [5.74, 6) is 1.17. The van der Waals surface area contributed by atoms with E-state index in [2.05, 4.69) is 41.5 Å². The maximum Gasteiger partial charge on any atom is 0 e. The van der Waals surface area contributed by atoms with Gasteiger partial charge in [-0.05, 0) is 11.8 Å². The smallest absolute Gasteiger partial charge is 0 e. The minimum absolute atomic E-state index is 0. The third-order valence-electron chi connectivity index (χ3n) is 0. The van der Waals surface area contributed by atoms with Crippen molar-refractivity contribution in [2.45, 2.75) is 27.7 Å². The Hall–Kier alpha value is 0.759. The van der Waals surface area contributed by atoms with Crippen molar-refractivity contribution in [1.82, 2.24) is 0 Å². The summed E-state index contributed by atoms with van der Waals surface area (Å²) in [5.41, 5.74) is 0. The largest absolute Gasteiger partial charge is 0.412 e. The van der Waals surface area contributed by atoms with Crippen LogP contribution in [0.1, 0.15) is 27.7 Å². The summed E-state index contributed by atoms with van der Waals surface area (Å²) in [7, 11) is 0. The van der Waals surface area contributed by atoms with E-state index in [4.69, 9.17) is 0 Å². The van der Waals surface area contributed by atoms with Crippen molar-refractivity contribution in [3.8, 4) is 0 Å². The first-order chi connectivity index (χ1) is 3.46. The summed E-state index contributed by atoms with van der Waals surface area (Å²) in [4.78, 5) is 0. The van der Waals surface area contributed by atoms with E-state index in [0.717, 1.165) is 0 Å². The molecule has 0 bridgehead atoms. The third kappa shape index (κ3) is 916. The van der Waals surface area contributed by atoms with Crippen LogP contribution in [0.15, 0.2) is 0 Å². The average molecular weight is 251 g/mol. The van der Waals surface area contributed by atoms with Gasteiger partial charge in [-0.3, -0.25) is 0 Å². The van der Waals surface area contributed by atoms with E-state index in [0.29, 0.717) is 11.8 Å². The van der Waals surface area contributed by atoms with E-state index in [1.807, 2.05) is 0 Å². The summed E-state index contributed by atoms with van der Waals surface area (Å²) in [6, 6.07) is 0. The molecule has 0 aliphatic heterocycles. The van der Waals surface area contributed by atoms with Crippen molar-refractivity contribution in [1.29, 1.82) is 0 Å². The number of hydrogen-bond donors (Lipinski definition) is 0. The average Bonchev–Trinajstić information content (AvgIpc) is 1.25. The molecule has 10 heavy (non-hydrogen) atoms. The van der Waals surface area contributed by atoms with Crippen LogP contribution in [0, 0.1) is 25.7 Å². The van der Waals surface area contributed by atoms with E-state index in [1.165, 1.54) is 0 Å². The van der Waals surface area contributed by atoms with Crippen LogP contribution in [0.5, 0.6) is 0 Å². The Balaban J connectivity index is -0.0000000300. The fourth-order valence-electron chi connectivity index (χ4n) is 0. The molecule has 0 aromatic carbocycles. The third-order valence-corrected chi connectivity index (χ3v) is 0. The Kier molecular flexibility index (Phi) is 36.8. The maximum atomic E-state index is 3.64. The van der Waals surface area contributed by atoms with Gasteiger partial charge in [0.05, 0.1) is 0 Å². The molecule has 0 rings (SSSR count). The quantitative estimate of drug-likeness (QED) is 0.587. The molecule has 0 heterocycles. The van der Waals surface area contributed by atoms with Crippen LogP contribution in [0.4, 0.5) is 0 Å². The van der Waals surface area contributed by atoms with E-state index < -0.39 is 0 Å². The van der Waals surface area contributed by atoms with Crippen LogP contribution in [-0.2, 0) is 0 Å². The molecule has 62 valence electrons. The predicted octanol–water partition coefficient (Wildman–Crippen LogP) is 1.75. The van der Waals surface area contributed by atoms with Crippen molar-refractivity contribution in [3.63, 3.8) is 0 Å². The molecule has 0 fully saturated rings. The standard InChI is InChI=1S/2C4H9.H2O.Sn/c2*1-4(2)3;;/h2*4H,1H2,2-3H3;1H2;. The van der Waals surface area contributed by atoms with Crippen LogP contribution in [0.25, 0.3) is 0 Å². The van der Waals surface area contributed by atoms with Crippen molar-refractivity contribution in [2.75, 3.05) is 0 Å². The zero-order chi connectivity index (χ0) is 7.15. The molecule has 6 radical (unpaired) electrons. The van der Waals surface area contributed by atoms with Crippen molar-refractivity contribution in [3.05, 3.63) is 13.8 Å². The molecule has 2 heteroatoms. The van der Waals surface area contributed by atoms with Gasteiger partial charge in [0, 0.05) is 23.9 Å². The molecule has 1 nitrogen and oxygen atoms in total. The molecule has 0 saturated heterocycles. The Morgan fingerprint density at radius 2 is 0.800 bits per heavy atom. The van der Waals surface area contributed by atoms with Gasteiger partial charge in [0.15, 0.2) is 0 Å². The Labute approximate surface area is 82.9 Å². The van der Waals surface area contributed by atoms with Gasteiger partial charge in [-0.1, -0.05) is 41.5 Å². The monoisotopic (exact) mass is 252 g/mol. The first-order valence-electron chi connectivity index (χ1n) is 3.13. The van der Waals surface area contributed by atoms with Crippen LogP contribution >= 0.6 is 0 Å². The molecule has 2 N–H and O–H groups in total. The topological polar surface area (TPSA) is 31.5 Å². The molecular formula is C8H20OSn. The van der Waals surface area contributed by atoms with Crippen LogP contribution in [0.3, 0.4) is 0 Å². The molecule has 0 spiro atoms. The van der Waals surface area contributed by atoms with Gasteiger partial charge >= 0.3 is 0 Å². The van der Waals surface area contributed by atoms with Gasteiger partial charge in [0.25, 0.3) is 0 Å². The fraction of sp³-hybridized carbons (Fsp3) is 0.750. The Morgan fingerprint density at radius 1 is 0.800 bits per heavy atom. The van der Waals surface area contributed by atoms with Crippen LogP contribution in [-0.4, -0.2) is 29.4 Å². The number of hydrogen-bond acceptors (Lipinski definition) is 0. The van der Waals surface area contributed by atoms with E-state index >= 15 is 0 Å². The second-order valence-corrected chi connectivity index (χ2v) is 2.79. The zero-order valence-corrected chi connectivity index (χ0v) is 10.4. The summed E-state index contributed by atoms with van der Waals surface area (Å²) in [6.45, 7) is 15.5. The summed E-state index contributed by atoms with van der Waals surface area (Å²) in [6.07, 6.45) is 0. The van der Waals surface area contributed by atoms with E-state index in [9.17, 15) is 0 Å². The number of rotatable bonds is 0. The van der Waals surface area contributed by atoms with Gasteiger partial charge in [-0.25, -0.2) is 0 Å². The normalized spacial score (nSPS) is 7.20. The van der Waals surface area contributed by atoms with Crippen LogP contribution in [0.2, 0.25) is 0 Å². The Bertz CT molecular complexity index is 24.7. The van der Waals surface area contributed by atoms with Crippen molar-refractivity contribution in [2.24, 2.45) is 11.8 Å². The Morgan fingerprint density at radius 3 is 0.800 bits per heavy atom. The van der Waals surface area contributed by atoms with Gasteiger partial charge in [-0.2, -0.15) is 0 Å². The maximum absolute atomic E-state index is 3.64. The van der Waals surface area contributed by atoms with Crippen LogP contribution < -0.4 is 0 Å². The molecule has 0 aromatic heterocycles. The second kappa shape index (κ2) is 16.4. The summed E-state index contributed by atoms with van der Waals surface area (Å²) < 4.78 is 0. The molecular weight excluding hydrogens is 231 g/mol. The predicted molar refractivity (Wildman–Crippen MR) is 49.8 cm³/mol. The van der Waals surface area contributed by atoms with Gasteiger partial charge in [0.2, 0.25) is 0 Å². The van der Waals surface area contributed by atoms with E-state index in [1.54, 1.807) is 0 Å². The molecule has 0 atom stereocenters. The first kappa shape index (κ1) is 22.4. The van der Waals surface area contributed by atoms with Crippen molar-refractivity contribution < 1.29 is 5.48 Å². The van der Waals surface area contributed by atoms with Gasteiger partial charge in [0.1, 0.15) is 0 Å². The minimum atomic E-state index is 0. The fourth-order valence-corrected chi connectivity index (χ4v) is 0. The van der Waals surface area contributed by atoms with E-state index in [-0.39, 0.29) is 29.4 Å². The summed E-state index contributed by atoms with van der Waals surface area (Å²) in [5, 5.41) is 0. The zero-order valence-electron chi connectivity index (χ0n) is 7.57. The molecule has 0 unspecified atom stereocenters. The van der Waals surface area contributed by atoms with Gasteiger partial charge in [-0.15, -0.1) is 0 Å². The molecule has 0 amide bonds. The van der Waals surface area contributed by atoms with Crippen molar-refractivity contribution >= 4 is 23.9 Å². The molecule has 0 aliphatic rings. The molecule has 0 aliphatic carbocycles. The second-order valence-electron chi connectivity index (χ2n) is 2.79. The first-order valence-corrected chi connectivity index (χ1v) is 3.13. The minimum Gasteiger partial charge on any atom is -0.412 e. The summed E-state index contributed by atoms with van der Waals surface area (Å²) >= 11 is 0. The molecule has 0 saturated carbocycles. The van der Waals surface area contributed by atoms with Gasteiger partial charge < -0.3 is 5.48 Å².